The van der Waals surface area contributed by atoms with Crippen molar-refractivity contribution >= 4 is 39.2 Å². The predicted molar refractivity (Wildman–Crippen MR) is 111 cm³/mol. The summed E-state index contributed by atoms with van der Waals surface area (Å²) in [6.45, 7) is 5.26. The number of halogens is 1. The van der Waals surface area contributed by atoms with Crippen LogP contribution in [0.4, 0.5) is 17.3 Å². The van der Waals surface area contributed by atoms with E-state index < -0.39 is 11.6 Å². The van der Waals surface area contributed by atoms with Crippen molar-refractivity contribution in [3.63, 3.8) is 0 Å². The fourth-order valence-electron chi connectivity index (χ4n) is 2.37. The van der Waals surface area contributed by atoms with Gasteiger partial charge in [-0.3, -0.25) is 0 Å². The van der Waals surface area contributed by atoms with Crippen LogP contribution in [-0.2, 0) is 4.74 Å². The van der Waals surface area contributed by atoms with E-state index in [0.717, 1.165) is 10.2 Å². The Morgan fingerprint density at radius 1 is 1.31 bits per heavy atom. The number of carbonyl (C=O) groups excluding carboxylic acids is 1. The molecule has 148 valence electrons. The Balaban J connectivity index is 1.97. The summed E-state index contributed by atoms with van der Waals surface area (Å²) in [5.74, 6) is -0.167. The normalized spacial score (nSPS) is 11.0. The lowest BCUT2D eigenvalue weighted by molar-refractivity contribution is 0.00708. The highest BCUT2D eigenvalue weighted by Gasteiger charge is 2.24. The number of benzene rings is 1. The lowest BCUT2D eigenvalue weighted by Gasteiger charge is -2.19. The maximum Gasteiger partial charge on any atom is 0.344 e. The van der Waals surface area contributed by atoms with E-state index in [1.165, 1.54) is 16.9 Å². The minimum Gasteiger partial charge on any atom is -0.456 e. The number of aromatic nitrogens is 4. The quantitative estimate of drug-likeness (QED) is 0.570. The fraction of sp³-hybridized carbons (Fsp3) is 0.211. The van der Waals surface area contributed by atoms with Crippen LogP contribution in [0.2, 0.25) is 0 Å². The molecule has 0 aliphatic carbocycles. The summed E-state index contributed by atoms with van der Waals surface area (Å²) in [5.41, 5.74) is 6.36. The smallest absolute Gasteiger partial charge is 0.344 e. The van der Waals surface area contributed by atoms with Crippen LogP contribution in [0.3, 0.4) is 0 Å². The molecule has 0 fully saturated rings. The molecule has 3 aromatic rings. The topological polar surface area (TPSA) is 132 Å². The van der Waals surface area contributed by atoms with Crippen molar-refractivity contribution in [1.29, 1.82) is 5.26 Å². The van der Waals surface area contributed by atoms with E-state index in [-0.39, 0.29) is 23.0 Å². The van der Waals surface area contributed by atoms with Gasteiger partial charge in [-0.15, -0.1) is 0 Å². The maximum absolute atomic E-state index is 12.3. The number of anilines is 3. The molecule has 0 radical (unpaired) electrons. The predicted octanol–water partition coefficient (Wildman–Crippen LogP) is 3.58. The van der Waals surface area contributed by atoms with Crippen molar-refractivity contribution in [2.24, 2.45) is 0 Å². The van der Waals surface area contributed by atoms with Crippen molar-refractivity contribution in [2.45, 2.75) is 26.4 Å². The first-order valence-corrected chi connectivity index (χ1v) is 9.34. The standard InChI is InChI=1S/C19H18BrN7O2/c1-19(2,3)29-17(28)14-10-23-27(16(14)22)18-25-13(9-21)8-15(26-18)24-12-6-4-5-11(20)7-12/h4-8,10H,22H2,1-3H3,(H,24,25,26). The number of hydrogen-bond donors (Lipinski definition) is 2. The van der Waals surface area contributed by atoms with Gasteiger partial charge in [0.2, 0.25) is 0 Å². The molecule has 2 heterocycles. The summed E-state index contributed by atoms with van der Waals surface area (Å²) in [5, 5.41) is 16.5. The third kappa shape index (κ3) is 4.89. The van der Waals surface area contributed by atoms with Gasteiger partial charge in [-0.1, -0.05) is 22.0 Å². The van der Waals surface area contributed by atoms with E-state index in [2.05, 4.69) is 36.3 Å². The summed E-state index contributed by atoms with van der Waals surface area (Å²) in [6, 6.07) is 10.9. The van der Waals surface area contributed by atoms with Crippen LogP contribution in [0.1, 0.15) is 36.8 Å². The molecule has 0 atom stereocenters. The van der Waals surface area contributed by atoms with Gasteiger partial charge in [0, 0.05) is 16.2 Å². The third-order valence-electron chi connectivity index (χ3n) is 3.54. The molecule has 1 aromatic carbocycles. The Morgan fingerprint density at radius 2 is 2.07 bits per heavy atom. The van der Waals surface area contributed by atoms with E-state index >= 15 is 0 Å². The van der Waals surface area contributed by atoms with E-state index in [0.29, 0.717) is 5.82 Å². The van der Waals surface area contributed by atoms with Crippen molar-refractivity contribution in [1.82, 2.24) is 19.7 Å². The minimum absolute atomic E-state index is 0.0164. The Kier molecular flexibility index (Phi) is 5.52. The molecule has 3 N–H and O–H groups in total. The van der Waals surface area contributed by atoms with Crippen LogP contribution < -0.4 is 11.1 Å². The molecule has 3 rings (SSSR count). The number of carbonyl (C=O) groups is 1. The average molecular weight is 456 g/mol. The lowest BCUT2D eigenvalue weighted by atomic mass is 10.2. The molecule has 0 aliphatic rings. The van der Waals surface area contributed by atoms with Gasteiger partial charge in [-0.05, 0) is 39.0 Å². The molecule has 0 saturated heterocycles. The zero-order valence-electron chi connectivity index (χ0n) is 16.0. The first-order chi connectivity index (χ1) is 13.7. The van der Waals surface area contributed by atoms with Crippen LogP contribution in [0.25, 0.3) is 5.95 Å². The molecule has 0 aliphatic heterocycles. The van der Waals surface area contributed by atoms with Gasteiger partial charge in [0.25, 0.3) is 5.95 Å². The second kappa shape index (κ2) is 7.89. The Morgan fingerprint density at radius 3 is 2.72 bits per heavy atom. The summed E-state index contributed by atoms with van der Waals surface area (Å²) >= 11 is 3.40. The average Bonchev–Trinajstić information content (AvgIpc) is 3.01. The molecular weight excluding hydrogens is 438 g/mol. The fourth-order valence-corrected chi connectivity index (χ4v) is 2.77. The molecule has 0 spiro atoms. The van der Waals surface area contributed by atoms with Crippen LogP contribution in [0, 0.1) is 11.3 Å². The summed E-state index contributed by atoms with van der Waals surface area (Å²) < 4.78 is 7.40. The van der Waals surface area contributed by atoms with Gasteiger partial charge in [0.05, 0.1) is 6.20 Å². The van der Waals surface area contributed by atoms with Gasteiger partial charge < -0.3 is 15.8 Å². The SMILES string of the molecule is CC(C)(C)OC(=O)c1cnn(-c2nc(C#N)cc(Nc3cccc(Br)c3)n2)c1N. The highest BCUT2D eigenvalue weighted by molar-refractivity contribution is 9.10. The van der Waals surface area contributed by atoms with Crippen LogP contribution in [0.15, 0.2) is 41.0 Å². The van der Waals surface area contributed by atoms with Gasteiger partial charge in [-0.2, -0.15) is 25.0 Å². The molecular formula is C19H18BrN7O2. The van der Waals surface area contributed by atoms with Crippen molar-refractivity contribution < 1.29 is 9.53 Å². The highest BCUT2D eigenvalue weighted by Crippen LogP contribution is 2.22. The number of ether oxygens (including phenoxy) is 1. The van der Waals surface area contributed by atoms with E-state index in [1.807, 2.05) is 30.3 Å². The maximum atomic E-state index is 12.3. The number of nitrogen functional groups attached to an aromatic ring is 1. The first kappa shape index (κ1) is 20.3. The highest BCUT2D eigenvalue weighted by atomic mass is 79.9. The zero-order valence-corrected chi connectivity index (χ0v) is 17.6. The summed E-state index contributed by atoms with van der Waals surface area (Å²) in [7, 11) is 0. The first-order valence-electron chi connectivity index (χ1n) is 8.55. The molecule has 9 nitrogen and oxygen atoms in total. The van der Waals surface area contributed by atoms with E-state index in [4.69, 9.17) is 10.5 Å². The largest absolute Gasteiger partial charge is 0.456 e. The molecule has 2 aromatic heterocycles. The van der Waals surface area contributed by atoms with Crippen molar-refractivity contribution in [2.75, 3.05) is 11.1 Å². The van der Waals surface area contributed by atoms with Crippen LogP contribution >= 0.6 is 15.9 Å². The second-order valence-corrected chi connectivity index (χ2v) is 7.96. The molecule has 10 heteroatoms. The van der Waals surface area contributed by atoms with Crippen LogP contribution in [0.5, 0.6) is 0 Å². The number of nitrogens with two attached hydrogens (primary N) is 1. The third-order valence-corrected chi connectivity index (χ3v) is 4.03. The Hall–Kier alpha value is -3.45. The van der Waals surface area contributed by atoms with Crippen LogP contribution in [-0.4, -0.2) is 31.3 Å². The Labute approximate surface area is 175 Å². The molecule has 0 amide bonds. The number of hydrogen-bond acceptors (Lipinski definition) is 8. The summed E-state index contributed by atoms with van der Waals surface area (Å²) in [4.78, 5) is 20.8. The molecule has 0 bridgehead atoms. The van der Waals surface area contributed by atoms with Crippen molar-refractivity contribution in [3.8, 4) is 12.0 Å². The monoisotopic (exact) mass is 455 g/mol. The van der Waals surface area contributed by atoms with Gasteiger partial charge in [0.1, 0.15) is 34.6 Å². The van der Waals surface area contributed by atoms with Crippen molar-refractivity contribution in [3.05, 3.63) is 52.3 Å². The summed E-state index contributed by atoms with van der Waals surface area (Å²) in [6.07, 6.45) is 1.28. The number of nitrogens with zero attached hydrogens (tertiary/aromatic N) is 5. The molecule has 0 unspecified atom stereocenters. The molecule has 29 heavy (non-hydrogen) atoms. The van der Waals surface area contributed by atoms with Gasteiger partial charge in [0.15, 0.2) is 0 Å². The number of rotatable bonds is 4. The number of esters is 1. The lowest BCUT2D eigenvalue weighted by Crippen LogP contribution is -2.24. The number of nitriles is 1. The zero-order chi connectivity index (χ0) is 21.2. The van der Waals surface area contributed by atoms with E-state index in [1.54, 1.807) is 20.8 Å². The second-order valence-electron chi connectivity index (χ2n) is 7.04. The van der Waals surface area contributed by atoms with Gasteiger partial charge in [-0.25, -0.2) is 4.79 Å². The minimum atomic E-state index is -0.677. The van der Waals surface area contributed by atoms with Gasteiger partial charge >= 0.3 is 5.97 Å². The number of nitrogens with one attached hydrogen (secondary N) is 1. The Bertz CT molecular complexity index is 1110. The van der Waals surface area contributed by atoms with E-state index in [9.17, 15) is 10.1 Å². The molecule has 0 saturated carbocycles.